The molecule has 3 heteroatoms. The summed E-state index contributed by atoms with van der Waals surface area (Å²) in [6, 6.07) is 19.9. The molecule has 0 fully saturated rings. The summed E-state index contributed by atoms with van der Waals surface area (Å²) in [6.45, 7) is 28.6. The SMILES string of the molecule is CCC1=[C](/[Zr+2](=[CH]\c2ccc(C)cc2)[CH]2c3cc4c(cc3-c3cc5c(cc32)C(C)(C)C=C5C)C(C)=CC4(C)C)C(C)C=C1C(C)(C)C.[Cl-].[Cl-]. The minimum Gasteiger partial charge on any atom is -1.00 e. The quantitative estimate of drug-likeness (QED) is 0.297. The van der Waals surface area contributed by atoms with Gasteiger partial charge in [0.25, 0.3) is 0 Å². The van der Waals surface area contributed by atoms with Crippen molar-refractivity contribution < 1.29 is 46.1 Å². The van der Waals surface area contributed by atoms with Crippen LogP contribution in [0.2, 0.25) is 0 Å². The molecule has 4 aliphatic carbocycles. The fraction of sp³-hybridized carbons (Fsp3) is 0.400. The summed E-state index contributed by atoms with van der Waals surface area (Å²) in [6.07, 6.45) is 8.75. The van der Waals surface area contributed by atoms with Crippen LogP contribution in [-0.2, 0) is 32.1 Å². The Balaban J connectivity index is 0.00000225. The first-order chi connectivity index (χ1) is 21.5. The van der Waals surface area contributed by atoms with Gasteiger partial charge >= 0.3 is 288 Å². The van der Waals surface area contributed by atoms with Gasteiger partial charge in [-0.25, -0.2) is 0 Å². The number of fused-ring (bicyclic) bond motifs is 5. The number of hydrogen-bond donors (Lipinski definition) is 0. The maximum atomic E-state index is 2.83. The molecule has 48 heavy (non-hydrogen) atoms. The molecular weight excluding hydrogens is 703 g/mol. The van der Waals surface area contributed by atoms with Crippen LogP contribution in [0.1, 0.15) is 131 Å². The van der Waals surface area contributed by atoms with Gasteiger partial charge in [-0.3, -0.25) is 0 Å². The normalized spacial score (nSPS) is 19.9. The van der Waals surface area contributed by atoms with Crippen LogP contribution < -0.4 is 24.8 Å². The summed E-state index contributed by atoms with van der Waals surface area (Å²) in [5.41, 5.74) is 21.2. The third-order valence-corrected chi connectivity index (χ3v) is 19.4. The van der Waals surface area contributed by atoms with E-state index in [9.17, 15) is 0 Å². The topological polar surface area (TPSA) is 0 Å². The van der Waals surface area contributed by atoms with Crippen molar-refractivity contribution in [2.24, 2.45) is 11.3 Å². The fourth-order valence-electron chi connectivity index (χ4n) is 9.33. The molecule has 0 N–H and O–H groups in total. The maximum absolute atomic E-state index is 2.83. The van der Waals surface area contributed by atoms with Crippen molar-refractivity contribution in [2.75, 3.05) is 0 Å². The zero-order valence-corrected chi connectivity index (χ0v) is 35.0. The third-order valence-electron chi connectivity index (χ3n) is 11.4. The fourth-order valence-corrected chi connectivity index (χ4v) is 18.2. The molecule has 0 spiro atoms. The molecule has 4 aliphatic rings. The second kappa shape index (κ2) is 12.6. The molecular formula is C45H52Cl2Zr. The van der Waals surface area contributed by atoms with Crippen LogP contribution in [0.4, 0.5) is 0 Å². The van der Waals surface area contributed by atoms with Gasteiger partial charge in [-0.15, -0.1) is 0 Å². The number of allylic oxidation sites excluding steroid dienone is 8. The predicted octanol–water partition coefficient (Wildman–Crippen LogP) is 6.22. The van der Waals surface area contributed by atoms with Gasteiger partial charge in [0.1, 0.15) is 0 Å². The second-order valence-electron chi connectivity index (χ2n) is 16.9. The van der Waals surface area contributed by atoms with Crippen LogP contribution in [0.5, 0.6) is 0 Å². The van der Waals surface area contributed by atoms with E-state index in [1.165, 1.54) is 55.7 Å². The first-order valence-corrected chi connectivity index (χ1v) is 21.6. The molecule has 7 rings (SSSR count). The Morgan fingerprint density at radius 1 is 0.729 bits per heavy atom. The van der Waals surface area contributed by atoms with Crippen LogP contribution in [0.25, 0.3) is 22.3 Å². The summed E-state index contributed by atoms with van der Waals surface area (Å²) < 4.78 is 5.10. The zero-order chi connectivity index (χ0) is 33.1. The van der Waals surface area contributed by atoms with Crippen molar-refractivity contribution in [3.63, 3.8) is 0 Å². The van der Waals surface area contributed by atoms with Gasteiger partial charge in [-0.1, -0.05) is 0 Å². The first-order valence-electron chi connectivity index (χ1n) is 17.5. The van der Waals surface area contributed by atoms with Crippen molar-refractivity contribution in [2.45, 2.75) is 104 Å². The Bertz CT molecular complexity index is 1900. The van der Waals surface area contributed by atoms with Gasteiger partial charge in [0, 0.05) is 0 Å². The average Bonchev–Trinajstić information content (AvgIpc) is 3.62. The maximum Gasteiger partial charge on any atom is -1.00 e. The number of benzene rings is 3. The minimum absolute atomic E-state index is 0. The van der Waals surface area contributed by atoms with E-state index in [2.05, 4.69) is 154 Å². The summed E-state index contributed by atoms with van der Waals surface area (Å²) in [5.74, 6) is 0.484. The molecule has 1 unspecified atom stereocenters. The van der Waals surface area contributed by atoms with E-state index in [4.69, 9.17) is 0 Å². The molecule has 0 nitrogen and oxygen atoms in total. The summed E-state index contributed by atoms with van der Waals surface area (Å²) in [4.78, 5) is 0. The van der Waals surface area contributed by atoms with Crippen molar-refractivity contribution in [3.05, 3.63) is 126 Å². The van der Waals surface area contributed by atoms with Crippen LogP contribution in [0.3, 0.4) is 0 Å². The largest absolute Gasteiger partial charge is 1.00 e. The number of halogens is 2. The standard InChI is InChI=1S/C25H25.C12H19.C8H8.2ClH.Zr/c1-14-12-24(3,4)22-8-16-7-17-9-23-19(15(2)13-25(23,5)6)11-21(17)20(16)10-18(14)22;1-6-10-7-9(2)8-11(10)12(3,4)5;1-7-3-5-8(2)6-4-7;;;/h7-13H,1-6H3;8-9H,6H2,1-5H3;1,3-6H,2H3;2*1H;/q;;;;;+2/p-2. The van der Waals surface area contributed by atoms with Gasteiger partial charge in [-0.2, -0.15) is 0 Å². The number of hydrogen-bond acceptors (Lipinski definition) is 0. The molecule has 0 aromatic heterocycles. The number of aryl methyl sites for hydroxylation is 1. The molecule has 0 bridgehead atoms. The van der Waals surface area contributed by atoms with E-state index in [-0.39, 0.29) is 41.1 Å². The van der Waals surface area contributed by atoms with Gasteiger partial charge in [-0.05, 0) is 0 Å². The van der Waals surface area contributed by atoms with E-state index in [1.807, 2.05) is 3.28 Å². The molecule has 0 aliphatic heterocycles. The van der Waals surface area contributed by atoms with E-state index in [0.29, 0.717) is 9.54 Å². The first kappa shape index (κ1) is 37.2. The van der Waals surface area contributed by atoms with Crippen LogP contribution in [-0.4, -0.2) is 3.71 Å². The smallest absolute Gasteiger partial charge is 1.00 e. The van der Waals surface area contributed by atoms with Crippen LogP contribution >= 0.6 is 0 Å². The van der Waals surface area contributed by atoms with E-state index in [1.54, 1.807) is 22.3 Å². The van der Waals surface area contributed by atoms with Gasteiger partial charge in [0.05, 0.1) is 0 Å². The van der Waals surface area contributed by atoms with Crippen molar-refractivity contribution in [1.82, 2.24) is 0 Å². The summed E-state index contributed by atoms with van der Waals surface area (Å²) in [5, 5.41) is 0. The Morgan fingerprint density at radius 3 is 1.65 bits per heavy atom. The molecule has 3 aromatic rings. The molecule has 0 radical (unpaired) electrons. The molecule has 0 saturated heterocycles. The number of rotatable bonds is 4. The van der Waals surface area contributed by atoms with Gasteiger partial charge < -0.3 is 24.8 Å². The molecule has 0 saturated carbocycles. The van der Waals surface area contributed by atoms with Gasteiger partial charge in [0.15, 0.2) is 0 Å². The predicted molar refractivity (Wildman–Crippen MR) is 197 cm³/mol. The van der Waals surface area contributed by atoms with Crippen LogP contribution in [0, 0.1) is 18.3 Å². The Morgan fingerprint density at radius 2 is 1.21 bits per heavy atom. The van der Waals surface area contributed by atoms with E-state index < -0.39 is 21.3 Å². The Labute approximate surface area is 310 Å². The molecule has 0 heterocycles. The van der Waals surface area contributed by atoms with Crippen molar-refractivity contribution in [3.8, 4) is 11.1 Å². The average molecular weight is 755 g/mol. The molecule has 3 aromatic carbocycles. The van der Waals surface area contributed by atoms with Crippen molar-refractivity contribution in [1.29, 1.82) is 0 Å². The summed E-state index contributed by atoms with van der Waals surface area (Å²) in [7, 11) is 0. The molecule has 1 atom stereocenters. The molecule has 0 amide bonds. The van der Waals surface area contributed by atoms with Crippen molar-refractivity contribution >= 4 is 14.9 Å². The Hall–Kier alpha value is -2.05. The van der Waals surface area contributed by atoms with Gasteiger partial charge in [0.2, 0.25) is 0 Å². The van der Waals surface area contributed by atoms with Crippen LogP contribution in [0.15, 0.2) is 81.2 Å². The van der Waals surface area contributed by atoms with E-state index in [0.717, 1.165) is 6.42 Å². The molecule has 250 valence electrons. The Kier molecular flexibility index (Phi) is 9.78. The zero-order valence-electron chi connectivity index (χ0n) is 31.0. The van der Waals surface area contributed by atoms with E-state index >= 15 is 0 Å². The second-order valence-corrected chi connectivity index (χ2v) is 22.6. The summed E-state index contributed by atoms with van der Waals surface area (Å²) >= 11 is -2.65. The monoisotopic (exact) mass is 752 g/mol. The minimum atomic E-state index is -2.65. The third kappa shape index (κ3) is 5.83.